The number of halogens is 1. The third-order valence-electron chi connectivity index (χ3n) is 2.29. The van der Waals surface area contributed by atoms with Crippen molar-refractivity contribution in [3.63, 3.8) is 0 Å². The number of benzene rings is 1. The quantitative estimate of drug-likeness (QED) is 0.824. The van der Waals surface area contributed by atoms with Gasteiger partial charge in [-0.2, -0.15) is 10.2 Å². The third kappa shape index (κ3) is 2.95. The lowest BCUT2D eigenvalue weighted by Gasteiger charge is -2.06. The Labute approximate surface area is 109 Å². The van der Waals surface area contributed by atoms with Crippen LogP contribution in [0, 0.1) is 0 Å². The van der Waals surface area contributed by atoms with Gasteiger partial charge in [0, 0.05) is 11.9 Å². The van der Waals surface area contributed by atoms with E-state index in [1.165, 1.54) is 6.07 Å². The van der Waals surface area contributed by atoms with Crippen molar-refractivity contribution in [1.29, 1.82) is 0 Å². The van der Waals surface area contributed by atoms with Gasteiger partial charge in [0.25, 0.3) is 5.91 Å². The average molecular weight is 263 g/mol. The summed E-state index contributed by atoms with van der Waals surface area (Å²) in [5.41, 5.74) is 7.12. The zero-order valence-corrected chi connectivity index (χ0v) is 10.2. The summed E-state index contributed by atoms with van der Waals surface area (Å²) in [4.78, 5) is 11.9. The standard InChI is InChI=1S/C12H11ClN4O/c13-11-4-3-8(14)6-10(11)12(18)15-7-9-2-1-5-16-17-9/h1-6H,7,14H2,(H,15,18). The van der Waals surface area contributed by atoms with Gasteiger partial charge in [-0.3, -0.25) is 4.79 Å². The molecule has 0 saturated carbocycles. The highest BCUT2D eigenvalue weighted by molar-refractivity contribution is 6.34. The fourth-order valence-corrected chi connectivity index (χ4v) is 1.61. The van der Waals surface area contributed by atoms with Gasteiger partial charge in [-0.25, -0.2) is 0 Å². The van der Waals surface area contributed by atoms with Crippen LogP contribution in [0.4, 0.5) is 5.69 Å². The Morgan fingerprint density at radius 2 is 2.22 bits per heavy atom. The van der Waals surface area contributed by atoms with Crippen LogP contribution in [-0.2, 0) is 6.54 Å². The minimum Gasteiger partial charge on any atom is -0.399 e. The van der Waals surface area contributed by atoms with Crippen LogP contribution in [0.5, 0.6) is 0 Å². The number of hydrogen-bond acceptors (Lipinski definition) is 4. The molecule has 0 unspecified atom stereocenters. The lowest BCUT2D eigenvalue weighted by atomic mass is 10.2. The van der Waals surface area contributed by atoms with Crippen molar-refractivity contribution in [2.75, 3.05) is 5.73 Å². The Balaban J connectivity index is 2.06. The molecule has 2 aromatic rings. The molecule has 1 heterocycles. The number of nitrogens with zero attached hydrogens (tertiary/aromatic N) is 2. The molecule has 0 bridgehead atoms. The van der Waals surface area contributed by atoms with E-state index in [-0.39, 0.29) is 12.5 Å². The van der Waals surface area contributed by atoms with Crippen molar-refractivity contribution in [2.45, 2.75) is 6.54 Å². The Bertz CT molecular complexity index is 559. The second-order valence-electron chi connectivity index (χ2n) is 3.64. The highest BCUT2D eigenvalue weighted by Crippen LogP contribution is 2.18. The molecule has 1 aromatic heterocycles. The maximum Gasteiger partial charge on any atom is 0.253 e. The maximum absolute atomic E-state index is 11.9. The molecule has 0 saturated heterocycles. The first-order valence-electron chi connectivity index (χ1n) is 5.26. The molecule has 2 rings (SSSR count). The van der Waals surface area contributed by atoms with Gasteiger partial charge in [-0.05, 0) is 30.3 Å². The van der Waals surface area contributed by atoms with Gasteiger partial charge in [0.05, 0.1) is 22.8 Å². The number of nitrogens with one attached hydrogen (secondary N) is 1. The second kappa shape index (κ2) is 5.46. The molecule has 3 N–H and O–H groups in total. The first kappa shape index (κ1) is 12.3. The molecule has 0 atom stereocenters. The molecule has 5 nitrogen and oxygen atoms in total. The first-order valence-corrected chi connectivity index (χ1v) is 5.64. The average Bonchev–Trinajstić information content (AvgIpc) is 2.40. The van der Waals surface area contributed by atoms with E-state index in [2.05, 4.69) is 15.5 Å². The molecule has 92 valence electrons. The topological polar surface area (TPSA) is 80.9 Å². The zero-order valence-electron chi connectivity index (χ0n) is 9.43. The van der Waals surface area contributed by atoms with Gasteiger partial charge < -0.3 is 11.1 Å². The number of carbonyl (C=O) groups is 1. The maximum atomic E-state index is 11.9. The summed E-state index contributed by atoms with van der Waals surface area (Å²) >= 11 is 5.93. The van der Waals surface area contributed by atoms with Gasteiger partial charge in [0.1, 0.15) is 0 Å². The number of nitrogens with two attached hydrogens (primary N) is 1. The SMILES string of the molecule is Nc1ccc(Cl)c(C(=O)NCc2cccnn2)c1. The van der Waals surface area contributed by atoms with Crippen LogP contribution in [-0.4, -0.2) is 16.1 Å². The summed E-state index contributed by atoms with van der Waals surface area (Å²) in [5, 5.41) is 10.6. The van der Waals surface area contributed by atoms with Crippen molar-refractivity contribution in [3.05, 3.63) is 52.8 Å². The van der Waals surface area contributed by atoms with Crippen LogP contribution in [0.1, 0.15) is 16.1 Å². The summed E-state index contributed by atoms with van der Waals surface area (Å²) in [7, 11) is 0. The van der Waals surface area contributed by atoms with Crippen LogP contribution in [0.15, 0.2) is 36.5 Å². The van der Waals surface area contributed by atoms with Crippen molar-refractivity contribution >= 4 is 23.2 Å². The monoisotopic (exact) mass is 262 g/mol. The number of anilines is 1. The van der Waals surface area contributed by atoms with Crippen LogP contribution in [0.2, 0.25) is 5.02 Å². The van der Waals surface area contributed by atoms with Crippen LogP contribution in [0.25, 0.3) is 0 Å². The summed E-state index contributed by atoms with van der Waals surface area (Å²) in [6, 6.07) is 8.29. The van der Waals surface area contributed by atoms with Crippen LogP contribution < -0.4 is 11.1 Å². The van der Waals surface area contributed by atoms with E-state index < -0.39 is 0 Å². The van der Waals surface area contributed by atoms with Crippen molar-refractivity contribution in [3.8, 4) is 0 Å². The highest BCUT2D eigenvalue weighted by atomic mass is 35.5. The summed E-state index contributed by atoms with van der Waals surface area (Å²) < 4.78 is 0. The Morgan fingerprint density at radius 1 is 1.39 bits per heavy atom. The Kier molecular flexibility index (Phi) is 3.74. The number of hydrogen-bond donors (Lipinski definition) is 2. The number of nitrogen functional groups attached to an aromatic ring is 1. The molecule has 0 spiro atoms. The summed E-state index contributed by atoms with van der Waals surface area (Å²) in [6.07, 6.45) is 1.57. The number of rotatable bonds is 3. The largest absolute Gasteiger partial charge is 0.399 e. The van der Waals surface area contributed by atoms with E-state index >= 15 is 0 Å². The third-order valence-corrected chi connectivity index (χ3v) is 2.62. The minimum atomic E-state index is -0.294. The molecule has 0 aliphatic heterocycles. The lowest BCUT2D eigenvalue weighted by molar-refractivity contribution is 0.0950. The minimum absolute atomic E-state index is 0.289. The van der Waals surface area contributed by atoms with Crippen molar-refractivity contribution in [1.82, 2.24) is 15.5 Å². The fraction of sp³-hybridized carbons (Fsp3) is 0.0833. The van der Waals surface area contributed by atoms with Crippen molar-refractivity contribution < 1.29 is 4.79 Å². The molecule has 0 radical (unpaired) electrons. The van der Waals surface area contributed by atoms with E-state index in [1.807, 2.05) is 0 Å². The summed E-state index contributed by atoms with van der Waals surface area (Å²) in [5.74, 6) is -0.294. The normalized spacial score (nSPS) is 10.1. The Hall–Kier alpha value is -2.14. The van der Waals surface area contributed by atoms with E-state index in [4.69, 9.17) is 17.3 Å². The molecular formula is C12H11ClN4O. The van der Waals surface area contributed by atoms with E-state index in [1.54, 1.807) is 30.5 Å². The molecule has 0 aliphatic carbocycles. The van der Waals surface area contributed by atoms with Gasteiger partial charge in [0.2, 0.25) is 0 Å². The number of aromatic nitrogens is 2. The van der Waals surface area contributed by atoms with Crippen molar-refractivity contribution in [2.24, 2.45) is 0 Å². The Morgan fingerprint density at radius 3 is 2.94 bits per heavy atom. The number of amides is 1. The fourth-order valence-electron chi connectivity index (χ4n) is 1.41. The van der Waals surface area contributed by atoms with Gasteiger partial charge in [-0.15, -0.1) is 0 Å². The highest BCUT2D eigenvalue weighted by Gasteiger charge is 2.10. The molecule has 0 fully saturated rings. The second-order valence-corrected chi connectivity index (χ2v) is 4.04. The summed E-state index contributed by atoms with van der Waals surface area (Å²) in [6.45, 7) is 0.289. The molecule has 0 aliphatic rings. The van der Waals surface area contributed by atoms with E-state index in [9.17, 15) is 4.79 Å². The first-order chi connectivity index (χ1) is 8.66. The lowest BCUT2D eigenvalue weighted by Crippen LogP contribution is -2.23. The molecule has 18 heavy (non-hydrogen) atoms. The zero-order chi connectivity index (χ0) is 13.0. The molecule has 6 heteroatoms. The smallest absolute Gasteiger partial charge is 0.253 e. The molecular weight excluding hydrogens is 252 g/mol. The predicted molar refractivity (Wildman–Crippen MR) is 69.1 cm³/mol. The van der Waals surface area contributed by atoms with Gasteiger partial charge in [-0.1, -0.05) is 11.6 Å². The van der Waals surface area contributed by atoms with E-state index in [0.29, 0.717) is 22.0 Å². The van der Waals surface area contributed by atoms with Gasteiger partial charge in [0.15, 0.2) is 0 Å². The van der Waals surface area contributed by atoms with Crippen LogP contribution >= 0.6 is 11.6 Å². The van der Waals surface area contributed by atoms with E-state index in [0.717, 1.165) is 0 Å². The molecule has 1 aromatic carbocycles. The molecule has 1 amide bonds. The predicted octanol–water partition coefficient (Wildman–Crippen LogP) is 1.64. The van der Waals surface area contributed by atoms with Gasteiger partial charge >= 0.3 is 0 Å². The number of carbonyl (C=O) groups excluding carboxylic acids is 1. The van der Waals surface area contributed by atoms with Crippen LogP contribution in [0.3, 0.4) is 0 Å².